The van der Waals surface area contributed by atoms with Crippen molar-refractivity contribution >= 4 is 35.1 Å². The van der Waals surface area contributed by atoms with E-state index in [1.54, 1.807) is 47.4 Å². The Bertz CT molecular complexity index is 1280. The summed E-state index contributed by atoms with van der Waals surface area (Å²) < 4.78 is 5.54. The number of ether oxygens (including phenoxy) is 1. The molecule has 0 aliphatic carbocycles. The van der Waals surface area contributed by atoms with E-state index < -0.39 is 23.7 Å². The van der Waals surface area contributed by atoms with Gasteiger partial charge < -0.3 is 9.64 Å². The summed E-state index contributed by atoms with van der Waals surface area (Å²) in [7, 11) is 0. The SMILES string of the molecule is Cc1ccccc1N1C[C@H](C(=O)Oc2cccc(N3C(=O)c4ccccc4C3=O)c2)CC1=O. The molecule has 3 amide bonds. The van der Waals surface area contributed by atoms with Gasteiger partial charge in [0.15, 0.2) is 0 Å². The highest BCUT2D eigenvalue weighted by atomic mass is 16.5. The van der Waals surface area contributed by atoms with Crippen LogP contribution in [0.2, 0.25) is 0 Å². The molecule has 0 unspecified atom stereocenters. The molecule has 0 N–H and O–H groups in total. The Balaban J connectivity index is 1.32. The van der Waals surface area contributed by atoms with Crippen molar-refractivity contribution in [2.45, 2.75) is 13.3 Å². The van der Waals surface area contributed by atoms with Gasteiger partial charge in [0.25, 0.3) is 11.8 Å². The van der Waals surface area contributed by atoms with E-state index in [9.17, 15) is 19.2 Å². The van der Waals surface area contributed by atoms with Crippen LogP contribution in [-0.2, 0) is 9.59 Å². The first-order valence-electron chi connectivity index (χ1n) is 10.6. The number of aryl methyl sites for hydroxylation is 1. The number of carbonyl (C=O) groups is 4. The third kappa shape index (κ3) is 3.57. The third-order valence-electron chi connectivity index (χ3n) is 5.95. The van der Waals surface area contributed by atoms with E-state index in [1.165, 1.54) is 6.07 Å². The third-order valence-corrected chi connectivity index (χ3v) is 5.95. The van der Waals surface area contributed by atoms with Gasteiger partial charge >= 0.3 is 5.97 Å². The van der Waals surface area contributed by atoms with Crippen LogP contribution < -0.4 is 14.5 Å². The summed E-state index contributed by atoms with van der Waals surface area (Å²) in [4.78, 5) is 53.5. The molecular formula is C26H20N2O5. The molecular weight excluding hydrogens is 420 g/mol. The average molecular weight is 440 g/mol. The second-order valence-electron chi connectivity index (χ2n) is 8.10. The van der Waals surface area contributed by atoms with Crippen molar-refractivity contribution in [3.05, 3.63) is 89.5 Å². The molecule has 2 aliphatic heterocycles. The Morgan fingerprint density at radius 2 is 1.55 bits per heavy atom. The molecule has 1 fully saturated rings. The average Bonchev–Trinajstić information content (AvgIpc) is 3.32. The van der Waals surface area contributed by atoms with Gasteiger partial charge in [0.1, 0.15) is 5.75 Å². The van der Waals surface area contributed by atoms with Crippen molar-refractivity contribution in [1.29, 1.82) is 0 Å². The number of amides is 3. The minimum absolute atomic E-state index is 0.0608. The van der Waals surface area contributed by atoms with Crippen LogP contribution in [0.3, 0.4) is 0 Å². The van der Waals surface area contributed by atoms with E-state index in [0.29, 0.717) is 16.8 Å². The van der Waals surface area contributed by atoms with Crippen LogP contribution in [0.4, 0.5) is 11.4 Å². The number of hydrogen-bond donors (Lipinski definition) is 0. The fourth-order valence-electron chi connectivity index (χ4n) is 4.27. The highest BCUT2D eigenvalue weighted by Gasteiger charge is 2.38. The van der Waals surface area contributed by atoms with Crippen molar-refractivity contribution in [3.63, 3.8) is 0 Å². The summed E-state index contributed by atoms with van der Waals surface area (Å²) in [5, 5.41) is 0. The van der Waals surface area contributed by atoms with E-state index in [0.717, 1.165) is 16.2 Å². The van der Waals surface area contributed by atoms with Gasteiger partial charge in [-0.3, -0.25) is 19.2 Å². The fraction of sp³-hybridized carbons (Fsp3) is 0.154. The molecule has 164 valence electrons. The number of benzene rings is 3. The van der Waals surface area contributed by atoms with Crippen molar-refractivity contribution < 1.29 is 23.9 Å². The van der Waals surface area contributed by atoms with E-state index in [1.807, 2.05) is 31.2 Å². The summed E-state index contributed by atoms with van der Waals surface area (Å²) in [5.41, 5.74) is 2.73. The zero-order valence-corrected chi connectivity index (χ0v) is 17.9. The smallest absolute Gasteiger partial charge is 0.316 e. The highest BCUT2D eigenvalue weighted by Crippen LogP contribution is 2.32. The second-order valence-corrected chi connectivity index (χ2v) is 8.10. The second kappa shape index (κ2) is 8.02. The van der Waals surface area contributed by atoms with Crippen molar-refractivity contribution in [1.82, 2.24) is 0 Å². The molecule has 0 spiro atoms. The predicted octanol–water partition coefficient (Wildman–Crippen LogP) is 3.75. The number of esters is 1. The molecule has 33 heavy (non-hydrogen) atoms. The summed E-state index contributed by atoms with van der Waals surface area (Å²) in [5.74, 6) is -1.91. The van der Waals surface area contributed by atoms with Crippen molar-refractivity contribution in [2.24, 2.45) is 5.92 Å². The van der Waals surface area contributed by atoms with Gasteiger partial charge in [-0.25, -0.2) is 4.90 Å². The number of carbonyl (C=O) groups excluding carboxylic acids is 4. The van der Waals surface area contributed by atoms with Gasteiger partial charge in [0.05, 0.1) is 22.7 Å². The zero-order chi connectivity index (χ0) is 23.1. The lowest BCUT2D eigenvalue weighted by atomic mass is 10.1. The highest BCUT2D eigenvalue weighted by molar-refractivity contribution is 6.34. The minimum Gasteiger partial charge on any atom is -0.426 e. The molecule has 3 aromatic carbocycles. The van der Waals surface area contributed by atoms with Crippen molar-refractivity contribution in [2.75, 3.05) is 16.3 Å². The number of fused-ring (bicyclic) bond motifs is 1. The maximum atomic E-state index is 12.8. The van der Waals surface area contributed by atoms with Crippen LogP contribution in [0.5, 0.6) is 5.75 Å². The molecule has 3 aromatic rings. The molecule has 1 atom stereocenters. The Kier molecular flexibility index (Phi) is 5.01. The number of rotatable bonds is 4. The van der Waals surface area contributed by atoms with E-state index >= 15 is 0 Å². The minimum atomic E-state index is -0.611. The van der Waals surface area contributed by atoms with Gasteiger partial charge in [-0.05, 0) is 42.8 Å². The van der Waals surface area contributed by atoms with Crippen LogP contribution in [0, 0.1) is 12.8 Å². The molecule has 0 saturated carbocycles. The summed E-state index contributed by atoms with van der Waals surface area (Å²) >= 11 is 0. The molecule has 7 heteroatoms. The van der Waals surface area contributed by atoms with Gasteiger partial charge in [0.2, 0.25) is 5.91 Å². The lowest BCUT2D eigenvalue weighted by molar-refractivity contribution is -0.139. The van der Waals surface area contributed by atoms with E-state index in [4.69, 9.17) is 4.74 Å². The lowest BCUT2D eigenvalue weighted by Gasteiger charge is -2.19. The Morgan fingerprint density at radius 3 is 2.24 bits per heavy atom. The number of imide groups is 1. The number of hydrogen-bond acceptors (Lipinski definition) is 5. The van der Waals surface area contributed by atoms with E-state index in [-0.39, 0.29) is 24.6 Å². The summed E-state index contributed by atoms with van der Waals surface area (Å²) in [6.07, 6.45) is 0.0608. The standard InChI is InChI=1S/C26H20N2O5/c1-16-7-2-5-12-22(16)27-15-17(13-23(27)29)26(32)33-19-9-6-8-18(14-19)28-24(30)20-10-3-4-11-21(20)25(28)31/h2-12,14,17H,13,15H2,1H3/t17-/m1/s1. The fourth-order valence-corrected chi connectivity index (χ4v) is 4.27. The maximum Gasteiger partial charge on any atom is 0.316 e. The monoisotopic (exact) mass is 440 g/mol. The summed E-state index contributed by atoms with van der Waals surface area (Å²) in [6, 6.07) is 20.4. The first-order valence-corrected chi connectivity index (χ1v) is 10.6. The largest absolute Gasteiger partial charge is 0.426 e. The summed E-state index contributed by atoms with van der Waals surface area (Å²) in [6.45, 7) is 2.15. The molecule has 0 bridgehead atoms. The van der Waals surface area contributed by atoms with Gasteiger partial charge in [-0.1, -0.05) is 36.4 Å². The molecule has 2 heterocycles. The van der Waals surface area contributed by atoms with Gasteiger partial charge in [-0.2, -0.15) is 0 Å². The van der Waals surface area contributed by atoms with Crippen LogP contribution >= 0.6 is 0 Å². The number of nitrogens with zero attached hydrogens (tertiary/aromatic N) is 2. The number of para-hydroxylation sites is 1. The first kappa shape index (κ1) is 20.6. The molecule has 0 aromatic heterocycles. The normalized spacial score (nSPS) is 17.5. The van der Waals surface area contributed by atoms with Crippen LogP contribution in [0.1, 0.15) is 32.7 Å². The molecule has 0 radical (unpaired) electrons. The quantitative estimate of drug-likeness (QED) is 0.351. The van der Waals surface area contributed by atoms with Crippen LogP contribution in [0.25, 0.3) is 0 Å². The Labute approximate surface area is 190 Å². The zero-order valence-electron chi connectivity index (χ0n) is 17.9. The molecule has 7 nitrogen and oxygen atoms in total. The topological polar surface area (TPSA) is 84.0 Å². The predicted molar refractivity (Wildman–Crippen MR) is 121 cm³/mol. The Morgan fingerprint density at radius 1 is 0.879 bits per heavy atom. The van der Waals surface area contributed by atoms with Crippen molar-refractivity contribution in [3.8, 4) is 5.75 Å². The number of anilines is 2. The molecule has 1 saturated heterocycles. The first-order chi connectivity index (χ1) is 15.9. The Hall–Kier alpha value is -4.26. The lowest BCUT2D eigenvalue weighted by Crippen LogP contribution is -2.29. The maximum absolute atomic E-state index is 12.8. The van der Waals surface area contributed by atoms with E-state index in [2.05, 4.69) is 0 Å². The van der Waals surface area contributed by atoms with Crippen LogP contribution in [0.15, 0.2) is 72.8 Å². The van der Waals surface area contributed by atoms with Crippen LogP contribution in [-0.4, -0.2) is 30.2 Å². The molecule has 2 aliphatic rings. The van der Waals surface area contributed by atoms with Gasteiger partial charge in [-0.15, -0.1) is 0 Å². The van der Waals surface area contributed by atoms with Gasteiger partial charge in [0, 0.05) is 24.7 Å². The molecule has 5 rings (SSSR count).